The SMILES string of the molecule is C#CC1(O)C(C)=C(C)C(=O)C(C)=C1C.C#CC1(O)C(C)=C(C)C(=O)C(C)=C1C. The van der Waals surface area contributed by atoms with E-state index in [4.69, 9.17) is 12.8 Å². The van der Waals surface area contributed by atoms with Crippen LogP contribution in [0.5, 0.6) is 0 Å². The number of hydrogen-bond acceptors (Lipinski definition) is 4. The van der Waals surface area contributed by atoms with Crippen LogP contribution in [0.3, 0.4) is 0 Å². The van der Waals surface area contributed by atoms with Gasteiger partial charge in [0.05, 0.1) is 0 Å². The number of terminal acetylenes is 2. The smallest absolute Gasteiger partial charge is 0.184 e. The third kappa shape index (κ3) is 3.31. The summed E-state index contributed by atoms with van der Waals surface area (Å²) in [4.78, 5) is 23.3. The van der Waals surface area contributed by atoms with Gasteiger partial charge in [-0.15, -0.1) is 12.8 Å². The first kappa shape index (κ1) is 23.4. The Bertz CT molecular complexity index is 829. The van der Waals surface area contributed by atoms with Crippen molar-refractivity contribution in [3.05, 3.63) is 44.6 Å². The molecular weight excluding hydrogens is 352 g/mol. The molecule has 0 atom stereocenters. The van der Waals surface area contributed by atoms with Gasteiger partial charge >= 0.3 is 0 Å². The van der Waals surface area contributed by atoms with Crippen LogP contribution in [-0.2, 0) is 9.59 Å². The van der Waals surface area contributed by atoms with Gasteiger partial charge in [0.1, 0.15) is 0 Å². The molecule has 4 heteroatoms. The highest BCUT2D eigenvalue weighted by Gasteiger charge is 2.38. The van der Waals surface area contributed by atoms with Crippen LogP contribution in [-0.4, -0.2) is 33.0 Å². The minimum atomic E-state index is -1.37. The maximum Gasteiger partial charge on any atom is 0.184 e. The van der Waals surface area contributed by atoms with Gasteiger partial charge in [0.25, 0.3) is 0 Å². The summed E-state index contributed by atoms with van der Waals surface area (Å²) in [5, 5.41) is 20.3. The normalized spacial score (nSPS) is 21.3. The molecule has 0 heterocycles. The van der Waals surface area contributed by atoms with Gasteiger partial charge in [-0.05, 0) is 100.0 Å². The summed E-state index contributed by atoms with van der Waals surface area (Å²) in [6, 6.07) is 0. The number of carbonyl (C=O) groups excluding carboxylic acids is 2. The molecule has 2 N–H and O–H groups in total. The molecule has 0 unspecified atom stereocenters. The number of ketones is 2. The molecule has 0 saturated heterocycles. The van der Waals surface area contributed by atoms with Crippen molar-refractivity contribution in [1.29, 1.82) is 0 Å². The Hall–Kier alpha value is -2.66. The van der Waals surface area contributed by atoms with E-state index < -0.39 is 11.2 Å². The molecule has 2 aliphatic rings. The molecule has 28 heavy (non-hydrogen) atoms. The van der Waals surface area contributed by atoms with Crippen molar-refractivity contribution in [3.63, 3.8) is 0 Å². The Morgan fingerprint density at radius 2 is 0.750 bits per heavy atom. The van der Waals surface area contributed by atoms with E-state index >= 15 is 0 Å². The first-order valence-corrected chi connectivity index (χ1v) is 8.93. The van der Waals surface area contributed by atoms with Crippen LogP contribution in [0.2, 0.25) is 0 Å². The molecule has 0 bridgehead atoms. The largest absolute Gasteiger partial charge is 0.370 e. The molecule has 0 saturated carbocycles. The molecule has 0 amide bonds. The predicted molar refractivity (Wildman–Crippen MR) is 111 cm³/mol. The van der Waals surface area contributed by atoms with Crippen molar-refractivity contribution >= 4 is 11.6 Å². The van der Waals surface area contributed by atoms with Crippen LogP contribution in [0, 0.1) is 24.7 Å². The Morgan fingerprint density at radius 1 is 0.571 bits per heavy atom. The van der Waals surface area contributed by atoms with Crippen molar-refractivity contribution in [2.75, 3.05) is 0 Å². The summed E-state index contributed by atoms with van der Waals surface area (Å²) in [6.45, 7) is 13.6. The minimum Gasteiger partial charge on any atom is -0.370 e. The average molecular weight is 380 g/mol. The van der Waals surface area contributed by atoms with E-state index in [9.17, 15) is 19.8 Å². The van der Waals surface area contributed by atoms with Crippen molar-refractivity contribution in [1.82, 2.24) is 0 Å². The first-order chi connectivity index (χ1) is 12.7. The van der Waals surface area contributed by atoms with E-state index in [1.807, 2.05) is 0 Å². The van der Waals surface area contributed by atoms with Gasteiger partial charge in [0.15, 0.2) is 22.8 Å². The number of allylic oxidation sites excluding steroid dienone is 4. The molecule has 0 aliphatic heterocycles. The van der Waals surface area contributed by atoms with Crippen LogP contribution in [0.1, 0.15) is 55.4 Å². The summed E-state index contributed by atoms with van der Waals surface area (Å²) in [5.74, 6) is 4.64. The molecule has 0 aromatic carbocycles. The highest BCUT2D eigenvalue weighted by Crippen LogP contribution is 2.36. The molecule has 2 aliphatic carbocycles. The molecule has 0 fully saturated rings. The zero-order valence-corrected chi connectivity index (χ0v) is 17.9. The molecule has 0 radical (unpaired) electrons. The highest BCUT2D eigenvalue weighted by molar-refractivity contribution is 6.11. The van der Waals surface area contributed by atoms with E-state index in [-0.39, 0.29) is 11.6 Å². The summed E-state index contributed by atoms with van der Waals surface area (Å²) < 4.78 is 0. The molecule has 0 aromatic heterocycles. The average Bonchev–Trinajstić information content (AvgIpc) is 2.71. The summed E-state index contributed by atoms with van der Waals surface area (Å²) >= 11 is 0. The van der Waals surface area contributed by atoms with E-state index in [1.165, 1.54) is 0 Å². The van der Waals surface area contributed by atoms with Gasteiger partial charge in [-0.25, -0.2) is 0 Å². The lowest BCUT2D eigenvalue weighted by molar-refractivity contribution is -0.113. The Labute approximate surface area is 167 Å². The Balaban J connectivity index is 0.000000280. The van der Waals surface area contributed by atoms with E-state index in [2.05, 4.69) is 11.8 Å². The zero-order chi connectivity index (χ0) is 22.2. The van der Waals surface area contributed by atoms with Gasteiger partial charge < -0.3 is 10.2 Å². The highest BCUT2D eigenvalue weighted by atomic mass is 16.3. The lowest BCUT2D eigenvalue weighted by atomic mass is 9.76. The number of Topliss-reactive ketones (excluding diaryl/α,β-unsaturated/α-hetero) is 2. The molecule has 0 spiro atoms. The number of hydrogen-bond donors (Lipinski definition) is 2. The maximum absolute atomic E-state index is 11.7. The molecule has 4 nitrogen and oxygen atoms in total. The fraction of sp³-hybridized carbons (Fsp3) is 0.417. The van der Waals surface area contributed by atoms with Gasteiger partial charge in [-0.1, -0.05) is 11.8 Å². The first-order valence-electron chi connectivity index (χ1n) is 8.93. The fourth-order valence-electron chi connectivity index (χ4n) is 3.32. The second-order valence-corrected chi connectivity index (χ2v) is 7.37. The van der Waals surface area contributed by atoms with Crippen LogP contribution in [0.25, 0.3) is 0 Å². The van der Waals surface area contributed by atoms with Crippen LogP contribution < -0.4 is 0 Å². The van der Waals surface area contributed by atoms with Gasteiger partial charge in [0.2, 0.25) is 0 Å². The van der Waals surface area contributed by atoms with Crippen LogP contribution >= 0.6 is 0 Å². The predicted octanol–water partition coefficient (Wildman–Crippen LogP) is 3.21. The van der Waals surface area contributed by atoms with E-state index in [0.717, 1.165) is 0 Å². The summed E-state index contributed by atoms with van der Waals surface area (Å²) in [6.07, 6.45) is 10.6. The van der Waals surface area contributed by atoms with Crippen molar-refractivity contribution in [2.45, 2.75) is 66.6 Å². The Morgan fingerprint density at radius 3 is 0.893 bits per heavy atom. The van der Waals surface area contributed by atoms with Gasteiger partial charge in [0, 0.05) is 0 Å². The van der Waals surface area contributed by atoms with Crippen LogP contribution in [0.15, 0.2) is 44.6 Å². The van der Waals surface area contributed by atoms with Gasteiger partial charge in [-0.3, -0.25) is 9.59 Å². The van der Waals surface area contributed by atoms with E-state index in [0.29, 0.717) is 44.6 Å². The lowest BCUT2D eigenvalue weighted by Gasteiger charge is -2.31. The second-order valence-electron chi connectivity index (χ2n) is 7.37. The monoisotopic (exact) mass is 380 g/mol. The number of carbonyl (C=O) groups is 2. The zero-order valence-electron chi connectivity index (χ0n) is 17.9. The maximum atomic E-state index is 11.7. The van der Waals surface area contributed by atoms with E-state index in [1.54, 1.807) is 55.4 Å². The summed E-state index contributed by atoms with van der Waals surface area (Å²) in [7, 11) is 0. The molecule has 2 rings (SSSR count). The number of aliphatic hydroxyl groups is 2. The fourth-order valence-corrected chi connectivity index (χ4v) is 3.32. The topological polar surface area (TPSA) is 74.6 Å². The number of rotatable bonds is 0. The van der Waals surface area contributed by atoms with Crippen LogP contribution in [0.4, 0.5) is 0 Å². The summed E-state index contributed by atoms with van der Waals surface area (Å²) in [5.41, 5.74) is 1.70. The third-order valence-electron chi connectivity index (χ3n) is 6.20. The third-order valence-corrected chi connectivity index (χ3v) is 6.20. The quantitative estimate of drug-likeness (QED) is 0.633. The Kier molecular flexibility index (Phi) is 6.48. The van der Waals surface area contributed by atoms with Crippen molar-refractivity contribution in [3.8, 4) is 24.7 Å². The molecule has 148 valence electrons. The molecule has 0 aromatic rings. The molecular formula is C24H28O4. The lowest BCUT2D eigenvalue weighted by Crippen LogP contribution is -2.36. The van der Waals surface area contributed by atoms with Crippen molar-refractivity contribution < 1.29 is 19.8 Å². The van der Waals surface area contributed by atoms with Crippen molar-refractivity contribution in [2.24, 2.45) is 0 Å². The van der Waals surface area contributed by atoms with Gasteiger partial charge in [-0.2, -0.15) is 0 Å². The second kappa shape index (κ2) is 7.76. The standard InChI is InChI=1S/2C12H14O2/c2*1-6-12(14)9(4)7(2)11(13)8(3)10(12)5/h2*1,14H,2-5H3. The minimum absolute atomic E-state index is 0.0278.